The zero-order valence-electron chi connectivity index (χ0n) is 20.8. The number of carbonyl (C=O) groups excluding carboxylic acids is 2. The van der Waals surface area contributed by atoms with Crippen molar-refractivity contribution in [2.24, 2.45) is 0 Å². The summed E-state index contributed by atoms with van der Waals surface area (Å²) in [5.41, 5.74) is 2.27. The van der Waals surface area contributed by atoms with Gasteiger partial charge in [0.15, 0.2) is 15.6 Å². The van der Waals surface area contributed by atoms with Gasteiger partial charge in [-0.15, -0.1) is 0 Å². The number of anilines is 1. The van der Waals surface area contributed by atoms with Gasteiger partial charge in [0.1, 0.15) is 5.82 Å². The molecule has 0 radical (unpaired) electrons. The smallest absolute Gasteiger partial charge is 0.322 e. The lowest BCUT2D eigenvalue weighted by atomic mass is 10.1. The molecule has 0 N–H and O–H groups in total. The molecule has 2 amide bonds. The fourth-order valence-electron chi connectivity index (χ4n) is 4.45. The van der Waals surface area contributed by atoms with E-state index in [2.05, 4.69) is 16.8 Å². The predicted molar refractivity (Wildman–Crippen MR) is 137 cm³/mol. The molecule has 4 rings (SSSR count). The van der Waals surface area contributed by atoms with Crippen molar-refractivity contribution in [2.45, 2.75) is 20.0 Å². The number of Topliss-reactive ketones (excluding diaryl/α,β-unsaturated/α-hetero) is 1. The number of likely N-dealkylation sites (N-methyl/N-ethyl adjacent to an activating group) is 1. The van der Waals surface area contributed by atoms with E-state index in [0.29, 0.717) is 5.69 Å². The van der Waals surface area contributed by atoms with Crippen LogP contribution in [-0.4, -0.2) is 92.8 Å². The number of carbonyl (C=O) groups is 2. The molecule has 2 aliphatic heterocycles. The summed E-state index contributed by atoms with van der Waals surface area (Å²) >= 11 is 0. The lowest BCUT2D eigenvalue weighted by Gasteiger charge is -2.33. The van der Waals surface area contributed by atoms with Gasteiger partial charge in [0, 0.05) is 62.6 Å². The zero-order chi connectivity index (χ0) is 25.9. The molecule has 0 unspecified atom stereocenters. The number of rotatable bonds is 6. The van der Waals surface area contributed by atoms with E-state index in [1.807, 2.05) is 24.3 Å². The van der Waals surface area contributed by atoms with Gasteiger partial charge in [-0.05, 0) is 37.7 Å². The Kier molecular flexibility index (Phi) is 8.07. The van der Waals surface area contributed by atoms with Crippen LogP contribution in [0.4, 0.5) is 14.9 Å². The van der Waals surface area contributed by atoms with Crippen molar-refractivity contribution in [1.82, 2.24) is 14.7 Å². The molecule has 194 valence electrons. The molecule has 0 atom stereocenters. The second-order valence-corrected chi connectivity index (χ2v) is 11.9. The maximum Gasteiger partial charge on any atom is 0.324 e. The first-order valence-electron chi connectivity index (χ1n) is 12.2. The number of piperazine rings is 1. The van der Waals surface area contributed by atoms with Crippen LogP contribution < -0.4 is 4.90 Å². The number of hydrogen-bond donors (Lipinski definition) is 0. The molecule has 2 heterocycles. The van der Waals surface area contributed by atoms with E-state index in [1.165, 1.54) is 28.9 Å². The molecule has 2 aliphatic rings. The number of amides is 2. The standard InChI is InChI=1S/C26H33FN4O4S/c1-20(32)22-5-6-23(25(27)17-22)19-31(26(33)30-13-15-36(34,35)16-14-30)24-7-3-21(4-8-24)18-29-11-9-28(2)10-12-29/h3-8,17H,9-16,18-19H2,1-2H3. The molecule has 8 nitrogen and oxygen atoms in total. The van der Waals surface area contributed by atoms with Gasteiger partial charge in [-0.1, -0.05) is 24.3 Å². The van der Waals surface area contributed by atoms with Crippen molar-refractivity contribution in [3.05, 3.63) is 65.0 Å². The summed E-state index contributed by atoms with van der Waals surface area (Å²) in [6.45, 7) is 6.40. The first-order chi connectivity index (χ1) is 17.1. The van der Waals surface area contributed by atoms with Gasteiger partial charge in [-0.2, -0.15) is 0 Å². The van der Waals surface area contributed by atoms with Crippen molar-refractivity contribution in [3.8, 4) is 0 Å². The Bertz CT molecular complexity index is 1200. The van der Waals surface area contributed by atoms with Gasteiger partial charge in [0.2, 0.25) is 0 Å². The Morgan fingerprint density at radius 2 is 1.58 bits per heavy atom. The molecule has 2 aromatic carbocycles. The molecular weight excluding hydrogens is 483 g/mol. The van der Waals surface area contributed by atoms with Crippen molar-refractivity contribution in [1.29, 1.82) is 0 Å². The van der Waals surface area contributed by atoms with Crippen LogP contribution in [0.3, 0.4) is 0 Å². The lowest BCUT2D eigenvalue weighted by molar-refractivity contribution is 0.101. The van der Waals surface area contributed by atoms with Gasteiger partial charge >= 0.3 is 6.03 Å². The lowest BCUT2D eigenvalue weighted by Crippen LogP contribution is -2.49. The molecule has 2 aromatic rings. The molecule has 36 heavy (non-hydrogen) atoms. The fraction of sp³-hybridized carbons (Fsp3) is 0.462. The molecule has 0 aromatic heterocycles. The molecule has 2 fully saturated rings. The largest absolute Gasteiger partial charge is 0.324 e. The SMILES string of the molecule is CC(=O)c1ccc(CN(C(=O)N2CCS(=O)(=O)CC2)c2ccc(CN3CCN(C)CC3)cc2)c(F)c1. The summed E-state index contributed by atoms with van der Waals surface area (Å²) < 4.78 is 38.6. The predicted octanol–water partition coefficient (Wildman–Crippen LogP) is 2.63. The van der Waals surface area contributed by atoms with Gasteiger partial charge in [-0.3, -0.25) is 14.6 Å². The second-order valence-electron chi connectivity index (χ2n) is 9.62. The Morgan fingerprint density at radius 3 is 2.17 bits per heavy atom. The van der Waals surface area contributed by atoms with Crippen LogP contribution in [-0.2, 0) is 22.9 Å². The first-order valence-corrected chi connectivity index (χ1v) is 14.0. The van der Waals surface area contributed by atoms with Crippen LogP contribution in [0.5, 0.6) is 0 Å². The number of nitrogens with zero attached hydrogens (tertiary/aromatic N) is 4. The van der Waals surface area contributed by atoms with Crippen LogP contribution in [0.2, 0.25) is 0 Å². The molecule has 0 bridgehead atoms. The number of urea groups is 1. The Hall–Kier alpha value is -2.82. The number of hydrogen-bond acceptors (Lipinski definition) is 6. The third-order valence-corrected chi connectivity index (χ3v) is 8.49. The normalized spacial score (nSPS) is 18.7. The quantitative estimate of drug-likeness (QED) is 0.549. The summed E-state index contributed by atoms with van der Waals surface area (Å²) in [6.07, 6.45) is 0. The third kappa shape index (κ3) is 6.48. The Balaban J connectivity index is 1.55. The van der Waals surface area contributed by atoms with Crippen molar-refractivity contribution >= 4 is 27.3 Å². The van der Waals surface area contributed by atoms with Crippen LogP contribution in [0.15, 0.2) is 42.5 Å². The van der Waals surface area contributed by atoms with Gasteiger partial charge < -0.3 is 9.80 Å². The molecule has 10 heteroatoms. The minimum atomic E-state index is -3.15. The fourth-order valence-corrected chi connectivity index (χ4v) is 5.66. The van der Waals surface area contributed by atoms with Crippen molar-refractivity contribution < 1.29 is 22.4 Å². The highest BCUT2D eigenvalue weighted by Gasteiger charge is 2.29. The van der Waals surface area contributed by atoms with E-state index in [1.54, 1.807) is 6.07 Å². The maximum atomic E-state index is 14.9. The van der Waals surface area contributed by atoms with Crippen LogP contribution in [0, 0.1) is 5.82 Å². The summed E-state index contributed by atoms with van der Waals surface area (Å²) in [6, 6.07) is 11.6. The van der Waals surface area contributed by atoms with Gasteiger partial charge in [-0.25, -0.2) is 17.6 Å². The first kappa shape index (κ1) is 26.2. The highest BCUT2D eigenvalue weighted by atomic mass is 32.2. The summed E-state index contributed by atoms with van der Waals surface area (Å²) in [4.78, 5) is 32.8. The van der Waals surface area contributed by atoms with E-state index in [-0.39, 0.29) is 54.1 Å². The topological polar surface area (TPSA) is 81.2 Å². The molecule has 0 spiro atoms. The average Bonchev–Trinajstić information content (AvgIpc) is 2.85. The summed E-state index contributed by atoms with van der Waals surface area (Å²) in [5.74, 6) is -0.969. The number of benzene rings is 2. The highest BCUT2D eigenvalue weighted by Crippen LogP contribution is 2.23. The molecular formula is C26H33FN4O4S. The van der Waals surface area contributed by atoms with Crippen LogP contribution in [0.25, 0.3) is 0 Å². The highest BCUT2D eigenvalue weighted by molar-refractivity contribution is 7.91. The number of ketones is 1. The minimum absolute atomic E-state index is 0.0378. The minimum Gasteiger partial charge on any atom is -0.322 e. The maximum absolute atomic E-state index is 14.9. The number of halogens is 1. The van der Waals surface area contributed by atoms with Crippen LogP contribution >= 0.6 is 0 Å². The van der Waals surface area contributed by atoms with E-state index in [4.69, 9.17) is 0 Å². The third-order valence-electron chi connectivity index (χ3n) is 6.88. The summed E-state index contributed by atoms with van der Waals surface area (Å²) in [7, 11) is -1.04. The number of sulfone groups is 1. The average molecular weight is 517 g/mol. The monoisotopic (exact) mass is 516 g/mol. The van der Waals surface area contributed by atoms with E-state index in [9.17, 15) is 22.4 Å². The Morgan fingerprint density at radius 1 is 0.944 bits per heavy atom. The molecule has 0 aliphatic carbocycles. The van der Waals surface area contributed by atoms with Gasteiger partial charge in [0.25, 0.3) is 0 Å². The van der Waals surface area contributed by atoms with E-state index >= 15 is 0 Å². The Labute approximate surface area is 212 Å². The van der Waals surface area contributed by atoms with E-state index < -0.39 is 15.7 Å². The summed E-state index contributed by atoms with van der Waals surface area (Å²) in [5, 5.41) is 0. The van der Waals surface area contributed by atoms with Gasteiger partial charge in [0.05, 0.1) is 18.1 Å². The van der Waals surface area contributed by atoms with Crippen molar-refractivity contribution in [2.75, 3.05) is 62.7 Å². The zero-order valence-corrected chi connectivity index (χ0v) is 21.6. The van der Waals surface area contributed by atoms with Crippen molar-refractivity contribution in [3.63, 3.8) is 0 Å². The molecule has 2 saturated heterocycles. The second kappa shape index (κ2) is 11.1. The molecule has 0 saturated carbocycles. The van der Waals surface area contributed by atoms with E-state index in [0.717, 1.165) is 38.3 Å². The van der Waals surface area contributed by atoms with Crippen LogP contribution in [0.1, 0.15) is 28.4 Å².